The normalized spacial score (nSPS) is 13.0. The number of hydrogen-bond donors (Lipinski definition) is 1. The van der Waals surface area contributed by atoms with Crippen molar-refractivity contribution in [1.82, 2.24) is 4.72 Å². The van der Waals surface area contributed by atoms with E-state index >= 15 is 0 Å². The second-order valence-electron chi connectivity index (χ2n) is 8.01. The number of aryl methyl sites for hydroxylation is 1. The highest BCUT2D eigenvalue weighted by Gasteiger charge is 2.24. The van der Waals surface area contributed by atoms with E-state index in [0.29, 0.717) is 5.56 Å². The smallest absolute Gasteiger partial charge is 0.324 e. The van der Waals surface area contributed by atoms with E-state index in [1.54, 1.807) is 24.3 Å². The third-order valence-electron chi connectivity index (χ3n) is 4.44. The summed E-state index contributed by atoms with van der Waals surface area (Å²) in [5.74, 6) is -1.17. The van der Waals surface area contributed by atoms with Crippen LogP contribution in [0.15, 0.2) is 53.4 Å². The van der Waals surface area contributed by atoms with E-state index in [1.165, 1.54) is 19.1 Å². The van der Waals surface area contributed by atoms with Crippen LogP contribution < -0.4 is 4.72 Å². The molecule has 7 heteroatoms. The molecule has 1 atom stereocenters. The zero-order valence-electron chi connectivity index (χ0n) is 17.4. The highest BCUT2D eigenvalue weighted by molar-refractivity contribution is 7.89. The Hall–Kier alpha value is -2.51. The Bertz CT molecular complexity index is 971. The van der Waals surface area contributed by atoms with Crippen molar-refractivity contribution in [1.29, 1.82) is 0 Å². The number of Topliss-reactive ketones (excluding diaryl/α,β-unsaturated/α-hetero) is 1. The van der Waals surface area contributed by atoms with Gasteiger partial charge in [-0.2, -0.15) is 4.72 Å². The number of sulfonamides is 1. The highest BCUT2D eigenvalue weighted by Crippen LogP contribution is 2.22. The molecule has 29 heavy (non-hydrogen) atoms. The summed E-state index contributed by atoms with van der Waals surface area (Å²) in [5.41, 5.74) is 2.41. The Morgan fingerprint density at radius 2 is 1.55 bits per heavy atom. The second kappa shape index (κ2) is 8.88. The lowest BCUT2D eigenvalue weighted by molar-refractivity contribution is -0.144. The molecule has 0 bridgehead atoms. The summed E-state index contributed by atoms with van der Waals surface area (Å²) in [6.45, 7) is 8.98. The van der Waals surface area contributed by atoms with Crippen LogP contribution in [0.5, 0.6) is 0 Å². The number of carbonyl (C=O) groups excluding carboxylic acids is 2. The van der Waals surface area contributed by atoms with E-state index < -0.39 is 28.6 Å². The van der Waals surface area contributed by atoms with Gasteiger partial charge in [-0.3, -0.25) is 9.59 Å². The molecule has 156 valence electrons. The minimum absolute atomic E-state index is 0.0297. The molecule has 0 fully saturated rings. The van der Waals surface area contributed by atoms with E-state index in [9.17, 15) is 18.0 Å². The predicted octanol–water partition coefficient (Wildman–Crippen LogP) is 3.39. The van der Waals surface area contributed by atoms with E-state index in [2.05, 4.69) is 25.5 Å². The molecule has 0 amide bonds. The van der Waals surface area contributed by atoms with Crippen molar-refractivity contribution in [2.24, 2.45) is 0 Å². The molecule has 1 N–H and O–H groups in total. The van der Waals surface area contributed by atoms with Gasteiger partial charge in [0.2, 0.25) is 10.0 Å². The molecule has 0 aliphatic heterocycles. The van der Waals surface area contributed by atoms with Gasteiger partial charge in [0.25, 0.3) is 0 Å². The van der Waals surface area contributed by atoms with Gasteiger partial charge in [0.15, 0.2) is 12.4 Å². The number of ketones is 1. The summed E-state index contributed by atoms with van der Waals surface area (Å²) in [4.78, 5) is 24.4. The Morgan fingerprint density at radius 1 is 1.00 bits per heavy atom. The number of benzene rings is 2. The van der Waals surface area contributed by atoms with Crippen LogP contribution in [0, 0.1) is 6.92 Å². The van der Waals surface area contributed by atoms with E-state index in [0.717, 1.165) is 11.1 Å². The molecule has 0 aromatic heterocycles. The maximum atomic E-state index is 12.3. The fourth-order valence-electron chi connectivity index (χ4n) is 2.57. The molecule has 0 aliphatic rings. The maximum Gasteiger partial charge on any atom is 0.324 e. The molecule has 0 radical (unpaired) electrons. The van der Waals surface area contributed by atoms with Gasteiger partial charge in [-0.15, -0.1) is 0 Å². The molecule has 2 rings (SSSR count). The minimum Gasteiger partial charge on any atom is -0.456 e. The van der Waals surface area contributed by atoms with Crippen LogP contribution in [-0.4, -0.2) is 32.8 Å². The van der Waals surface area contributed by atoms with Crippen LogP contribution in [0.4, 0.5) is 0 Å². The van der Waals surface area contributed by atoms with Gasteiger partial charge in [-0.1, -0.05) is 62.7 Å². The Balaban J connectivity index is 1.94. The number of nitrogens with one attached hydrogen (secondary N) is 1. The molecular formula is C22H27NO5S. The van der Waals surface area contributed by atoms with E-state index in [-0.39, 0.29) is 16.1 Å². The molecule has 0 unspecified atom stereocenters. The Labute approximate surface area is 172 Å². The molecule has 6 nitrogen and oxygen atoms in total. The fraction of sp³-hybridized carbons (Fsp3) is 0.364. The van der Waals surface area contributed by atoms with Crippen LogP contribution in [0.1, 0.15) is 49.2 Å². The van der Waals surface area contributed by atoms with E-state index in [4.69, 9.17) is 4.74 Å². The van der Waals surface area contributed by atoms with Gasteiger partial charge < -0.3 is 4.74 Å². The van der Waals surface area contributed by atoms with Crippen LogP contribution in [0.2, 0.25) is 0 Å². The third-order valence-corrected chi connectivity index (χ3v) is 5.99. The van der Waals surface area contributed by atoms with Crippen molar-refractivity contribution in [3.8, 4) is 0 Å². The second-order valence-corrected chi connectivity index (χ2v) is 9.73. The van der Waals surface area contributed by atoms with Crippen LogP contribution in [-0.2, 0) is 25.0 Å². The van der Waals surface area contributed by atoms with Crippen molar-refractivity contribution in [3.05, 3.63) is 65.2 Å². The topological polar surface area (TPSA) is 89.5 Å². The van der Waals surface area contributed by atoms with Crippen molar-refractivity contribution < 1.29 is 22.7 Å². The first-order chi connectivity index (χ1) is 13.4. The fourth-order valence-corrected chi connectivity index (χ4v) is 3.76. The average molecular weight is 418 g/mol. The molecule has 2 aromatic rings. The van der Waals surface area contributed by atoms with Gasteiger partial charge in [-0.25, -0.2) is 8.42 Å². The molecule has 0 saturated carbocycles. The van der Waals surface area contributed by atoms with Gasteiger partial charge in [0, 0.05) is 5.56 Å². The predicted molar refractivity (Wildman–Crippen MR) is 111 cm³/mol. The molecule has 0 spiro atoms. The number of rotatable bonds is 7. The van der Waals surface area contributed by atoms with Crippen molar-refractivity contribution >= 4 is 21.8 Å². The number of esters is 1. The van der Waals surface area contributed by atoms with Crippen molar-refractivity contribution in [2.75, 3.05) is 6.61 Å². The lowest BCUT2D eigenvalue weighted by Gasteiger charge is -2.19. The summed E-state index contributed by atoms with van der Waals surface area (Å²) < 4.78 is 32.0. The van der Waals surface area contributed by atoms with Gasteiger partial charge >= 0.3 is 5.97 Å². The summed E-state index contributed by atoms with van der Waals surface area (Å²) in [5, 5.41) is 0. The first-order valence-electron chi connectivity index (χ1n) is 9.29. The number of ether oxygens (including phenoxy) is 1. The monoisotopic (exact) mass is 417 g/mol. The van der Waals surface area contributed by atoms with Crippen molar-refractivity contribution in [2.45, 2.75) is 51.0 Å². The third kappa shape index (κ3) is 6.24. The molecule has 0 aliphatic carbocycles. The van der Waals surface area contributed by atoms with Gasteiger partial charge in [0.1, 0.15) is 6.04 Å². The molecule has 2 aromatic carbocycles. The van der Waals surface area contributed by atoms with Crippen LogP contribution in [0.25, 0.3) is 0 Å². The lowest BCUT2D eigenvalue weighted by atomic mass is 9.86. The van der Waals surface area contributed by atoms with Gasteiger partial charge in [0.05, 0.1) is 4.90 Å². The summed E-state index contributed by atoms with van der Waals surface area (Å²) in [6, 6.07) is 12.3. The number of carbonyl (C=O) groups is 2. The van der Waals surface area contributed by atoms with Crippen LogP contribution in [0.3, 0.4) is 0 Å². The highest BCUT2D eigenvalue weighted by atomic mass is 32.2. The summed E-state index contributed by atoms with van der Waals surface area (Å²) in [7, 11) is -3.87. The molecular weight excluding hydrogens is 390 g/mol. The zero-order valence-corrected chi connectivity index (χ0v) is 18.2. The lowest BCUT2D eigenvalue weighted by Crippen LogP contribution is -2.40. The first-order valence-corrected chi connectivity index (χ1v) is 10.8. The molecule has 0 heterocycles. The van der Waals surface area contributed by atoms with Crippen molar-refractivity contribution in [3.63, 3.8) is 0 Å². The van der Waals surface area contributed by atoms with Gasteiger partial charge in [-0.05, 0) is 37.0 Å². The first kappa shape index (κ1) is 22.8. The van der Waals surface area contributed by atoms with Crippen LogP contribution >= 0.6 is 0 Å². The Morgan fingerprint density at radius 3 is 2.07 bits per heavy atom. The minimum atomic E-state index is -3.87. The number of hydrogen-bond acceptors (Lipinski definition) is 5. The summed E-state index contributed by atoms with van der Waals surface area (Å²) >= 11 is 0. The standard InChI is InChI=1S/C22H27NO5S/c1-15-6-12-19(13-7-15)29(26,27)23-16(2)21(25)28-14-20(24)17-8-10-18(11-9-17)22(3,4)5/h6-13,16,23H,14H2,1-5H3/t16-/m0/s1. The SMILES string of the molecule is Cc1ccc(S(=O)(=O)N[C@@H](C)C(=O)OCC(=O)c2ccc(C(C)(C)C)cc2)cc1. The van der Waals surface area contributed by atoms with E-state index in [1.807, 2.05) is 19.1 Å². The molecule has 0 saturated heterocycles. The Kier molecular flexibility index (Phi) is 6.97. The maximum absolute atomic E-state index is 12.3. The average Bonchev–Trinajstić information content (AvgIpc) is 2.65. The quantitative estimate of drug-likeness (QED) is 0.551. The zero-order chi connectivity index (χ0) is 21.8. The summed E-state index contributed by atoms with van der Waals surface area (Å²) in [6.07, 6.45) is 0. The largest absolute Gasteiger partial charge is 0.456 e.